The molecule has 0 fully saturated rings. The molecular formula is C23H26NO2P. The molecule has 0 heterocycles. The van der Waals surface area contributed by atoms with Crippen LogP contribution in [0.2, 0.25) is 0 Å². The quantitative estimate of drug-likeness (QED) is 0.572. The monoisotopic (exact) mass is 379 g/mol. The molecule has 1 unspecified atom stereocenters. The third kappa shape index (κ3) is 5.17. The molecule has 0 saturated heterocycles. The van der Waals surface area contributed by atoms with Gasteiger partial charge in [0.1, 0.15) is 5.75 Å². The van der Waals surface area contributed by atoms with E-state index in [0.29, 0.717) is 8.58 Å². The third-order valence-corrected chi connectivity index (χ3v) is 5.82. The summed E-state index contributed by atoms with van der Waals surface area (Å²) in [7, 11) is 2.30. The van der Waals surface area contributed by atoms with Crippen molar-refractivity contribution >= 4 is 13.9 Å². The molecule has 0 aliphatic heterocycles. The number of hydrogen-bond acceptors (Lipinski definition) is 3. The fraction of sp³-hybridized carbons (Fsp3) is 0.217. The Balaban J connectivity index is 1.65. The van der Waals surface area contributed by atoms with Gasteiger partial charge in [-0.25, -0.2) is 0 Å². The van der Waals surface area contributed by atoms with Crippen LogP contribution in [-0.2, 0) is 0 Å². The van der Waals surface area contributed by atoms with Crippen LogP contribution in [0, 0.1) is 0 Å². The van der Waals surface area contributed by atoms with Gasteiger partial charge in [0.15, 0.2) is 0 Å². The Hall–Kier alpha value is -2.19. The minimum absolute atomic E-state index is 0.0103. The van der Waals surface area contributed by atoms with Crippen molar-refractivity contribution in [3.05, 3.63) is 84.4 Å². The van der Waals surface area contributed by atoms with Crippen molar-refractivity contribution in [2.24, 2.45) is 0 Å². The van der Waals surface area contributed by atoms with Gasteiger partial charge in [-0.3, -0.25) is 0 Å². The molecule has 0 aromatic heterocycles. The molecule has 0 saturated carbocycles. The van der Waals surface area contributed by atoms with E-state index >= 15 is 0 Å². The Morgan fingerprint density at radius 1 is 0.963 bits per heavy atom. The maximum absolute atomic E-state index is 10.5. The van der Waals surface area contributed by atoms with E-state index in [-0.39, 0.29) is 6.04 Å². The standard InChI is InChI=1S/C23H26NO2P/c1-17(23(25)18-9-4-3-5-10-18)24-16-27-22-14-7-6-13-21(22)19-11-8-12-20(15-19)26-2/h3-15,17,23-25,27H,16H2,1-2H3/t17-,23-/m0/s1. The summed E-state index contributed by atoms with van der Waals surface area (Å²) in [5, 5.41) is 15.3. The first kappa shape index (κ1) is 19.6. The lowest BCUT2D eigenvalue weighted by Crippen LogP contribution is -2.32. The highest BCUT2D eigenvalue weighted by Gasteiger charge is 2.15. The number of hydrogen-bond donors (Lipinski definition) is 2. The first-order valence-corrected chi connectivity index (χ1v) is 10.3. The molecule has 140 valence electrons. The number of aliphatic hydroxyl groups is 1. The average molecular weight is 379 g/mol. The molecule has 2 N–H and O–H groups in total. The zero-order valence-corrected chi connectivity index (χ0v) is 16.7. The van der Waals surface area contributed by atoms with Crippen LogP contribution in [0.3, 0.4) is 0 Å². The van der Waals surface area contributed by atoms with Gasteiger partial charge in [-0.1, -0.05) is 75.3 Å². The van der Waals surface area contributed by atoms with E-state index in [2.05, 4.69) is 41.7 Å². The molecule has 0 aliphatic carbocycles. The van der Waals surface area contributed by atoms with Crippen molar-refractivity contribution in [3.8, 4) is 16.9 Å². The Morgan fingerprint density at radius 3 is 2.48 bits per heavy atom. The summed E-state index contributed by atoms with van der Waals surface area (Å²) in [5.41, 5.74) is 3.33. The molecule has 0 bridgehead atoms. The molecule has 3 rings (SSSR count). The van der Waals surface area contributed by atoms with Crippen LogP contribution in [-0.4, -0.2) is 24.5 Å². The fourth-order valence-corrected chi connectivity index (χ4v) is 4.28. The second kappa shape index (κ2) is 9.66. The molecule has 3 aromatic carbocycles. The minimum atomic E-state index is -0.510. The first-order valence-electron chi connectivity index (χ1n) is 9.13. The van der Waals surface area contributed by atoms with Crippen molar-refractivity contribution in [2.45, 2.75) is 19.1 Å². The normalized spacial score (nSPS) is 13.6. The summed E-state index contributed by atoms with van der Waals surface area (Å²) in [4.78, 5) is 0. The van der Waals surface area contributed by atoms with Crippen LogP contribution in [0.1, 0.15) is 18.6 Å². The maximum Gasteiger partial charge on any atom is 0.119 e. The van der Waals surface area contributed by atoms with Gasteiger partial charge in [0.05, 0.1) is 13.2 Å². The zero-order valence-electron chi connectivity index (χ0n) is 15.7. The molecule has 4 heteroatoms. The van der Waals surface area contributed by atoms with Gasteiger partial charge in [-0.2, -0.15) is 0 Å². The number of nitrogens with one attached hydrogen (secondary N) is 1. The maximum atomic E-state index is 10.5. The molecule has 0 radical (unpaired) electrons. The largest absolute Gasteiger partial charge is 0.497 e. The van der Waals surface area contributed by atoms with Gasteiger partial charge in [0.2, 0.25) is 0 Å². The third-order valence-electron chi connectivity index (χ3n) is 4.63. The topological polar surface area (TPSA) is 41.5 Å². The molecule has 3 nitrogen and oxygen atoms in total. The van der Waals surface area contributed by atoms with Crippen LogP contribution in [0.15, 0.2) is 78.9 Å². The average Bonchev–Trinajstić information content (AvgIpc) is 2.74. The van der Waals surface area contributed by atoms with Gasteiger partial charge in [0.25, 0.3) is 0 Å². The number of methoxy groups -OCH3 is 1. The summed E-state index contributed by atoms with van der Waals surface area (Å²) in [6.07, 6.45) is 0.316. The predicted octanol–water partition coefficient (Wildman–Crippen LogP) is 4.34. The Labute approximate surface area is 163 Å². The van der Waals surface area contributed by atoms with Crippen LogP contribution in [0.25, 0.3) is 11.1 Å². The van der Waals surface area contributed by atoms with Crippen molar-refractivity contribution in [1.82, 2.24) is 5.32 Å². The van der Waals surface area contributed by atoms with Crippen molar-refractivity contribution < 1.29 is 9.84 Å². The van der Waals surface area contributed by atoms with E-state index in [1.165, 1.54) is 10.9 Å². The molecular weight excluding hydrogens is 353 g/mol. The number of benzene rings is 3. The summed E-state index contributed by atoms with van der Waals surface area (Å²) < 4.78 is 5.36. The predicted molar refractivity (Wildman–Crippen MR) is 115 cm³/mol. The van der Waals surface area contributed by atoms with Crippen LogP contribution in [0.4, 0.5) is 0 Å². The highest BCUT2D eigenvalue weighted by Crippen LogP contribution is 2.26. The molecule has 0 amide bonds. The fourth-order valence-electron chi connectivity index (χ4n) is 3.04. The second-order valence-corrected chi connectivity index (χ2v) is 7.73. The smallest absolute Gasteiger partial charge is 0.119 e. The van der Waals surface area contributed by atoms with Crippen molar-refractivity contribution in [2.75, 3.05) is 13.4 Å². The molecule has 27 heavy (non-hydrogen) atoms. The summed E-state index contributed by atoms with van der Waals surface area (Å²) in [5.74, 6) is 0.864. The van der Waals surface area contributed by atoms with E-state index < -0.39 is 6.10 Å². The van der Waals surface area contributed by atoms with Crippen molar-refractivity contribution in [1.29, 1.82) is 0 Å². The number of ether oxygens (including phenoxy) is 1. The van der Waals surface area contributed by atoms with Gasteiger partial charge in [0, 0.05) is 12.3 Å². The van der Waals surface area contributed by atoms with Gasteiger partial charge in [-0.05, 0) is 41.1 Å². The van der Waals surface area contributed by atoms with E-state index in [1.807, 2.05) is 49.4 Å². The van der Waals surface area contributed by atoms with E-state index in [9.17, 15) is 5.11 Å². The Kier molecular flexibility index (Phi) is 7.00. The Morgan fingerprint density at radius 2 is 1.70 bits per heavy atom. The zero-order chi connectivity index (χ0) is 19.1. The van der Waals surface area contributed by atoms with Crippen LogP contribution >= 0.6 is 8.58 Å². The lowest BCUT2D eigenvalue weighted by molar-refractivity contribution is 0.139. The SMILES string of the molecule is COc1cccc(-c2ccccc2PCN[C@@H](C)[C@H](O)c2ccccc2)c1. The summed E-state index contributed by atoms with van der Waals surface area (Å²) in [6.45, 7) is 2.02. The second-order valence-electron chi connectivity index (χ2n) is 6.48. The highest BCUT2D eigenvalue weighted by atomic mass is 31.1. The summed E-state index contributed by atoms with van der Waals surface area (Å²) in [6, 6.07) is 26.4. The van der Waals surface area contributed by atoms with Gasteiger partial charge < -0.3 is 15.2 Å². The lowest BCUT2D eigenvalue weighted by atomic mass is 10.0. The van der Waals surface area contributed by atoms with Gasteiger partial charge in [-0.15, -0.1) is 0 Å². The first-order chi connectivity index (χ1) is 13.2. The highest BCUT2D eigenvalue weighted by molar-refractivity contribution is 7.47. The minimum Gasteiger partial charge on any atom is -0.497 e. The molecule has 3 atom stereocenters. The molecule has 0 aliphatic rings. The van der Waals surface area contributed by atoms with Crippen molar-refractivity contribution in [3.63, 3.8) is 0 Å². The van der Waals surface area contributed by atoms with E-state index in [1.54, 1.807) is 7.11 Å². The van der Waals surface area contributed by atoms with Crippen LogP contribution in [0.5, 0.6) is 5.75 Å². The van der Waals surface area contributed by atoms with E-state index in [4.69, 9.17) is 4.74 Å². The molecule has 0 spiro atoms. The number of aliphatic hydroxyl groups excluding tert-OH is 1. The van der Waals surface area contributed by atoms with Crippen LogP contribution < -0.4 is 15.4 Å². The molecule has 3 aromatic rings. The van der Waals surface area contributed by atoms with Gasteiger partial charge >= 0.3 is 0 Å². The Bertz CT molecular complexity index is 854. The lowest BCUT2D eigenvalue weighted by Gasteiger charge is -2.21. The summed E-state index contributed by atoms with van der Waals surface area (Å²) >= 11 is 0. The number of rotatable bonds is 8. The van der Waals surface area contributed by atoms with E-state index in [0.717, 1.165) is 23.2 Å².